The monoisotopic (exact) mass is 312 g/mol. The van der Waals surface area contributed by atoms with Gasteiger partial charge in [0.05, 0.1) is 47.6 Å². The van der Waals surface area contributed by atoms with Crippen molar-refractivity contribution in [3.8, 4) is 0 Å². The van der Waals surface area contributed by atoms with Gasteiger partial charge in [0, 0.05) is 5.02 Å². The van der Waals surface area contributed by atoms with E-state index in [9.17, 15) is 0 Å². The number of nitrogens with one attached hydrogen (secondary N) is 2. The average Bonchev–Trinajstić information content (AvgIpc) is 2.27. The molecule has 108 valence electrons. The zero-order chi connectivity index (χ0) is 14.1. The number of rotatable bonds is 1. The second-order valence-electron chi connectivity index (χ2n) is 7.92. The SMILES string of the molecule is CC12C[NH+]3CC(C)(C[NH+](C1)C3c1ccc(Cl)cc1Cl)C2. The van der Waals surface area contributed by atoms with Crippen LogP contribution in [0.4, 0.5) is 0 Å². The van der Waals surface area contributed by atoms with Crippen LogP contribution in [0, 0.1) is 10.8 Å². The molecule has 0 aromatic heterocycles. The number of halogens is 2. The third-order valence-corrected chi connectivity index (χ3v) is 6.12. The van der Waals surface area contributed by atoms with E-state index in [2.05, 4.69) is 19.9 Å². The smallest absolute Gasteiger partial charge is 0.241 e. The maximum Gasteiger partial charge on any atom is 0.241 e. The van der Waals surface area contributed by atoms with Gasteiger partial charge in [-0.05, 0) is 38.5 Å². The first kappa shape index (κ1) is 13.4. The predicted octanol–water partition coefficient (Wildman–Crippen LogP) is 1.21. The molecule has 4 saturated heterocycles. The second-order valence-corrected chi connectivity index (χ2v) is 8.76. The Balaban J connectivity index is 1.74. The van der Waals surface area contributed by atoms with E-state index >= 15 is 0 Å². The van der Waals surface area contributed by atoms with Crippen LogP contribution in [0.1, 0.15) is 32.0 Å². The number of quaternary nitrogens is 2. The van der Waals surface area contributed by atoms with Crippen LogP contribution in [-0.4, -0.2) is 26.2 Å². The van der Waals surface area contributed by atoms with Gasteiger partial charge >= 0.3 is 0 Å². The van der Waals surface area contributed by atoms with Crippen LogP contribution in [-0.2, 0) is 0 Å². The molecule has 0 saturated carbocycles. The molecule has 4 bridgehead atoms. The maximum absolute atomic E-state index is 6.48. The van der Waals surface area contributed by atoms with Crippen molar-refractivity contribution in [1.82, 2.24) is 0 Å². The lowest BCUT2D eigenvalue weighted by atomic mass is 9.63. The van der Waals surface area contributed by atoms with Crippen LogP contribution in [0.3, 0.4) is 0 Å². The minimum atomic E-state index is 0.501. The summed E-state index contributed by atoms with van der Waals surface area (Å²) in [6.07, 6.45) is 1.90. The largest absolute Gasteiger partial charge is 0.281 e. The van der Waals surface area contributed by atoms with Gasteiger partial charge in [-0.3, -0.25) is 9.80 Å². The molecule has 2 N–H and O–H groups in total. The summed E-state index contributed by atoms with van der Waals surface area (Å²) in [4.78, 5) is 3.44. The van der Waals surface area contributed by atoms with Crippen molar-refractivity contribution in [2.75, 3.05) is 26.2 Å². The second kappa shape index (κ2) is 4.13. The Morgan fingerprint density at radius 2 is 1.55 bits per heavy atom. The number of piperidine rings is 2. The van der Waals surface area contributed by atoms with Gasteiger partial charge in [0.15, 0.2) is 0 Å². The Hall–Kier alpha value is -0.280. The zero-order valence-electron chi connectivity index (χ0n) is 12.1. The van der Waals surface area contributed by atoms with Crippen LogP contribution in [0.2, 0.25) is 10.0 Å². The minimum absolute atomic E-state index is 0.501. The Labute approximate surface area is 130 Å². The Morgan fingerprint density at radius 1 is 1.00 bits per heavy atom. The fraction of sp³-hybridized carbons (Fsp3) is 0.625. The predicted molar refractivity (Wildman–Crippen MR) is 81.4 cm³/mol. The third kappa shape index (κ3) is 1.93. The molecule has 4 heterocycles. The van der Waals surface area contributed by atoms with Crippen LogP contribution in [0.15, 0.2) is 18.2 Å². The van der Waals surface area contributed by atoms with Gasteiger partial charge in [-0.1, -0.05) is 23.2 Å². The molecule has 4 fully saturated rings. The molecule has 4 aliphatic heterocycles. The summed E-state index contributed by atoms with van der Waals surface area (Å²) in [5.74, 6) is 0. The average molecular weight is 313 g/mol. The molecule has 0 unspecified atom stereocenters. The summed E-state index contributed by atoms with van der Waals surface area (Å²) in [6.45, 7) is 10.1. The zero-order valence-corrected chi connectivity index (χ0v) is 13.6. The van der Waals surface area contributed by atoms with Crippen molar-refractivity contribution in [2.45, 2.75) is 26.4 Å². The summed E-state index contributed by atoms with van der Waals surface area (Å²) < 4.78 is 0. The Morgan fingerprint density at radius 3 is 2.05 bits per heavy atom. The molecule has 5 rings (SSSR count). The van der Waals surface area contributed by atoms with Gasteiger partial charge in [0.1, 0.15) is 0 Å². The normalized spacial score (nSPS) is 45.9. The quantitative estimate of drug-likeness (QED) is 0.771. The highest BCUT2D eigenvalue weighted by molar-refractivity contribution is 6.35. The molecule has 0 amide bonds. The van der Waals surface area contributed by atoms with Gasteiger partial charge < -0.3 is 0 Å². The molecule has 0 aliphatic carbocycles. The first-order chi connectivity index (χ1) is 9.38. The van der Waals surface area contributed by atoms with Crippen LogP contribution in [0.5, 0.6) is 0 Å². The van der Waals surface area contributed by atoms with Gasteiger partial charge in [-0.2, -0.15) is 0 Å². The summed E-state index contributed by atoms with van der Waals surface area (Å²) >= 11 is 12.5. The summed E-state index contributed by atoms with van der Waals surface area (Å²) in [7, 11) is 0. The number of hydrogen-bond donors (Lipinski definition) is 2. The van der Waals surface area contributed by atoms with Crippen molar-refractivity contribution in [3.63, 3.8) is 0 Å². The van der Waals surface area contributed by atoms with Crippen molar-refractivity contribution >= 4 is 23.2 Å². The fourth-order valence-corrected chi connectivity index (χ4v) is 6.11. The molecule has 20 heavy (non-hydrogen) atoms. The molecular weight excluding hydrogens is 291 g/mol. The van der Waals surface area contributed by atoms with E-state index in [1.54, 1.807) is 9.80 Å². The number of benzene rings is 1. The van der Waals surface area contributed by atoms with Crippen LogP contribution < -0.4 is 9.80 Å². The lowest BCUT2D eigenvalue weighted by Crippen LogP contribution is -3.40. The lowest BCUT2D eigenvalue weighted by Gasteiger charge is -2.60. The molecule has 0 atom stereocenters. The van der Waals surface area contributed by atoms with E-state index in [0.29, 0.717) is 17.0 Å². The van der Waals surface area contributed by atoms with E-state index in [1.807, 2.05) is 12.1 Å². The van der Waals surface area contributed by atoms with E-state index < -0.39 is 0 Å². The van der Waals surface area contributed by atoms with Gasteiger partial charge in [0.2, 0.25) is 6.17 Å². The summed E-state index contributed by atoms with van der Waals surface area (Å²) in [6, 6.07) is 6.02. The fourth-order valence-electron chi connectivity index (χ4n) is 5.60. The first-order valence-corrected chi connectivity index (χ1v) is 8.27. The molecule has 1 aromatic carbocycles. The van der Waals surface area contributed by atoms with Gasteiger partial charge in [-0.25, -0.2) is 0 Å². The topological polar surface area (TPSA) is 8.88 Å². The van der Waals surface area contributed by atoms with Crippen molar-refractivity contribution in [1.29, 1.82) is 0 Å². The highest BCUT2D eigenvalue weighted by atomic mass is 35.5. The van der Waals surface area contributed by atoms with E-state index in [-0.39, 0.29) is 0 Å². The highest BCUT2D eigenvalue weighted by Gasteiger charge is 2.62. The molecule has 4 heteroatoms. The van der Waals surface area contributed by atoms with E-state index in [1.165, 1.54) is 38.2 Å². The molecule has 0 radical (unpaired) electrons. The molecule has 2 nitrogen and oxygen atoms in total. The first-order valence-electron chi connectivity index (χ1n) is 7.52. The minimum Gasteiger partial charge on any atom is -0.281 e. The third-order valence-electron chi connectivity index (χ3n) is 5.56. The van der Waals surface area contributed by atoms with Gasteiger partial charge in [-0.15, -0.1) is 0 Å². The lowest BCUT2D eigenvalue weighted by molar-refractivity contribution is -1.18. The van der Waals surface area contributed by atoms with Crippen molar-refractivity contribution < 1.29 is 9.80 Å². The molecular formula is C16H22Cl2N2+2. The summed E-state index contributed by atoms with van der Waals surface area (Å²) in [5, 5.41) is 1.57. The standard InChI is InChI=1S/C16H20Cl2N2/c1-15-6-16(2)9-19(7-15)14(20(8-15)10-16)12-4-3-11(17)5-13(12)18/h3-5,14H,6-10H2,1-2H3/p+2. The number of hydrogen-bond acceptors (Lipinski definition) is 0. The molecule has 1 aromatic rings. The molecule has 0 spiro atoms. The van der Waals surface area contributed by atoms with E-state index in [4.69, 9.17) is 23.2 Å². The highest BCUT2D eigenvalue weighted by Crippen LogP contribution is 2.40. The van der Waals surface area contributed by atoms with Crippen molar-refractivity contribution in [3.05, 3.63) is 33.8 Å². The van der Waals surface area contributed by atoms with Crippen LogP contribution >= 0.6 is 23.2 Å². The van der Waals surface area contributed by atoms with Crippen molar-refractivity contribution in [2.24, 2.45) is 10.8 Å². The Kier molecular flexibility index (Phi) is 2.77. The maximum atomic E-state index is 6.48. The van der Waals surface area contributed by atoms with Gasteiger partial charge in [0.25, 0.3) is 0 Å². The van der Waals surface area contributed by atoms with Crippen LogP contribution in [0.25, 0.3) is 0 Å². The van der Waals surface area contributed by atoms with E-state index in [0.717, 1.165) is 10.0 Å². The Bertz CT molecular complexity index is 536. The summed E-state index contributed by atoms with van der Waals surface area (Å²) in [5.41, 5.74) is 2.32. The molecule has 4 aliphatic rings.